The molecule has 0 spiro atoms. The van der Waals surface area contributed by atoms with Gasteiger partial charge in [0.25, 0.3) is 0 Å². The van der Waals surface area contributed by atoms with Gasteiger partial charge in [-0.1, -0.05) is 34.1 Å². The summed E-state index contributed by atoms with van der Waals surface area (Å²) < 4.78 is 14.5. The highest BCUT2D eigenvalue weighted by atomic mass is 79.9. The van der Waals surface area contributed by atoms with Crippen LogP contribution in [0.15, 0.2) is 34.8 Å². The molecule has 0 heterocycles. The molecule has 0 fully saturated rings. The smallest absolute Gasteiger partial charge is 0.129 e. The maximum Gasteiger partial charge on any atom is 0.129 e. The Balaban J connectivity index is 2.00. The third-order valence-electron chi connectivity index (χ3n) is 3.30. The van der Waals surface area contributed by atoms with Crippen LogP contribution in [0.5, 0.6) is 0 Å². The fourth-order valence-electron chi connectivity index (χ4n) is 2.30. The number of hydrogen-bond acceptors (Lipinski definition) is 2. The van der Waals surface area contributed by atoms with Crippen LogP contribution < -0.4 is 5.32 Å². The third-order valence-corrected chi connectivity index (χ3v) is 3.79. The van der Waals surface area contributed by atoms with E-state index in [4.69, 9.17) is 5.11 Å². The van der Waals surface area contributed by atoms with Gasteiger partial charge in [-0.3, -0.25) is 0 Å². The molecule has 0 bridgehead atoms. The summed E-state index contributed by atoms with van der Waals surface area (Å²) in [5, 5.41) is 12.4. The van der Waals surface area contributed by atoms with E-state index in [-0.39, 0.29) is 30.4 Å². The van der Waals surface area contributed by atoms with Crippen LogP contribution in [0.1, 0.15) is 24.9 Å². The molecule has 4 heteroatoms. The van der Waals surface area contributed by atoms with Gasteiger partial charge in [-0.05, 0) is 25.5 Å². The van der Waals surface area contributed by atoms with Crippen molar-refractivity contribution in [3.63, 3.8) is 0 Å². The lowest BCUT2D eigenvalue weighted by Crippen LogP contribution is -2.29. The van der Waals surface area contributed by atoms with E-state index in [1.54, 1.807) is 6.07 Å². The van der Waals surface area contributed by atoms with E-state index in [0.29, 0.717) is 5.56 Å². The van der Waals surface area contributed by atoms with Crippen LogP contribution >= 0.6 is 15.9 Å². The maximum atomic E-state index is 13.8. The first-order valence-electron chi connectivity index (χ1n) is 6.10. The number of benzene rings is 1. The van der Waals surface area contributed by atoms with Crippen LogP contribution in [0.3, 0.4) is 0 Å². The van der Waals surface area contributed by atoms with Gasteiger partial charge < -0.3 is 10.4 Å². The van der Waals surface area contributed by atoms with Gasteiger partial charge in [-0.15, -0.1) is 0 Å². The summed E-state index contributed by atoms with van der Waals surface area (Å²) in [7, 11) is 0. The number of halogens is 2. The fraction of sp³-hybridized carbons (Fsp3) is 0.429. The Labute approximate surface area is 115 Å². The van der Waals surface area contributed by atoms with Crippen LogP contribution in [-0.2, 0) is 0 Å². The Morgan fingerprint density at radius 2 is 2.28 bits per heavy atom. The first-order chi connectivity index (χ1) is 8.60. The van der Waals surface area contributed by atoms with Crippen molar-refractivity contribution >= 4 is 15.9 Å². The van der Waals surface area contributed by atoms with Gasteiger partial charge in [-0.25, -0.2) is 4.39 Å². The summed E-state index contributed by atoms with van der Waals surface area (Å²) in [6, 6.07) is 5.27. The van der Waals surface area contributed by atoms with Crippen LogP contribution in [0.2, 0.25) is 0 Å². The molecule has 3 atom stereocenters. The summed E-state index contributed by atoms with van der Waals surface area (Å²) in [5.41, 5.74) is 0.666. The van der Waals surface area contributed by atoms with Crippen molar-refractivity contribution in [1.29, 1.82) is 0 Å². The molecule has 0 saturated carbocycles. The van der Waals surface area contributed by atoms with Crippen molar-refractivity contribution in [2.45, 2.75) is 25.4 Å². The standard InChI is InChI=1S/C14H17BrFNO/c1-9(13-5-3-11(15)7-14(13)16)17-12-4-2-10(6-12)8-18/h2-5,7,9-10,12,17-18H,6,8H2,1H3/t9-,10+,12-/m1/s1. The molecule has 1 aliphatic carbocycles. The fourth-order valence-corrected chi connectivity index (χ4v) is 2.63. The monoisotopic (exact) mass is 313 g/mol. The van der Waals surface area contributed by atoms with Gasteiger partial charge in [0.05, 0.1) is 0 Å². The summed E-state index contributed by atoms with van der Waals surface area (Å²) >= 11 is 3.25. The van der Waals surface area contributed by atoms with Crippen molar-refractivity contribution in [3.8, 4) is 0 Å². The molecule has 2 rings (SSSR count). The third kappa shape index (κ3) is 3.19. The van der Waals surface area contributed by atoms with Crippen LogP contribution in [0.4, 0.5) is 4.39 Å². The normalized spacial score (nSPS) is 24.4. The lowest BCUT2D eigenvalue weighted by Gasteiger charge is -2.20. The van der Waals surface area contributed by atoms with E-state index < -0.39 is 0 Å². The van der Waals surface area contributed by atoms with E-state index in [1.807, 2.05) is 25.1 Å². The molecule has 2 nitrogen and oxygen atoms in total. The Morgan fingerprint density at radius 3 is 2.89 bits per heavy atom. The summed E-state index contributed by atoms with van der Waals surface area (Å²) in [4.78, 5) is 0. The molecule has 1 aromatic carbocycles. The molecule has 2 N–H and O–H groups in total. The molecule has 0 aliphatic heterocycles. The molecule has 0 unspecified atom stereocenters. The summed E-state index contributed by atoms with van der Waals surface area (Å²) in [6.07, 6.45) is 4.94. The molecular weight excluding hydrogens is 297 g/mol. The highest BCUT2D eigenvalue weighted by molar-refractivity contribution is 9.10. The summed E-state index contributed by atoms with van der Waals surface area (Å²) in [5.74, 6) is 0.0227. The van der Waals surface area contributed by atoms with Crippen molar-refractivity contribution in [2.75, 3.05) is 6.61 Å². The molecule has 0 aromatic heterocycles. The second-order valence-electron chi connectivity index (χ2n) is 4.72. The largest absolute Gasteiger partial charge is 0.396 e. The highest BCUT2D eigenvalue weighted by Crippen LogP contribution is 2.24. The van der Waals surface area contributed by atoms with Crippen molar-refractivity contribution < 1.29 is 9.50 Å². The number of aliphatic hydroxyl groups is 1. The maximum absolute atomic E-state index is 13.8. The predicted octanol–water partition coefficient (Wildman–Crippen LogP) is 3.18. The first kappa shape index (κ1) is 13.7. The van der Waals surface area contributed by atoms with E-state index >= 15 is 0 Å². The minimum Gasteiger partial charge on any atom is -0.396 e. The predicted molar refractivity (Wildman–Crippen MR) is 73.8 cm³/mol. The minimum absolute atomic E-state index is 0.0507. The van der Waals surface area contributed by atoms with Gasteiger partial charge in [0.1, 0.15) is 5.82 Å². The molecule has 18 heavy (non-hydrogen) atoms. The number of aliphatic hydroxyl groups excluding tert-OH is 1. The quantitative estimate of drug-likeness (QED) is 0.837. The Morgan fingerprint density at radius 1 is 1.50 bits per heavy atom. The summed E-state index contributed by atoms with van der Waals surface area (Å²) in [6.45, 7) is 2.13. The number of rotatable bonds is 4. The van der Waals surface area contributed by atoms with E-state index in [1.165, 1.54) is 6.07 Å². The molecule has 1 aromatic rings. The van der Waals surface area contributed by atoms with E-state index in [2.05, 4.69) is 21.2 Å². The average molecular weight is 314 g/mol. The molecule has 0 saturated heterocycles. The molecule has 1 aliphatic rings. The minimum atomic E-state index is -0.204. The van der Waals surface area contributed by atoms with E-state index in [9.17, 15) is 4.39 Å². The van der Waals surface area contributed by atoms with Gasteiger partial charge in [0, 0.05) is 34.6 Å². The topological polar surface area (TPSA) is 32.3 Å². The molecule has 0 amide bonds. The van der Waals surface area contributed by atoms with Gasteiger partial charge >= 0.3 is 0 Å². The highest BCUT2D eigenvalue weighted by Gasteiger charge is 2.21. The lowest BCUT2D eigenvalue weighted by atomic mass is 10.1. The van der Waals surface area contributed by atoms with Gasteiger partial charge in [0.2, 0.25) is 0 Å². The van der Waals surface area contributed by atoms with Crippen molar-refractivity contribution in [1.82, 2.24) is 5.32 Å². The first-order valence-corrected chi connectivity index (χ1v) is 6.89. The Hall–Kier alpha value is -0.710. The van der Waals surface area contributed by atoms with Crippen LogP contribution in [-0.4, -0.2) is 17.8 Å². The molecule has 0 radical (unpaired) electrons. The SMILES string of the molecule is C[C@@H](N[C@@H]1C=C[C@H](CO)C1)c1ccc(Br)cc1F. The molecular formula is C14H17BrFNO. The Kier molecular flexibility index (Phi) is 4.54. The van der Waals surface area contributed by atoms with E-state index in [0.717, 1.165) is 10.9 Å². The Bertz CT molecular complexity index is 449. The zero-order valence-corrected chi connectivity index (χ0v) is 11.8. The van der Waals surface area contributed by atoms with Crippen molar-refractivity contribution in [3.05, 3.63) is 46.2 Å². The average Bonchev–Trinajstić information content (AvgIpc) is 2.76. The number of hydrogen-bond donors (Lipinski definition) is 2. The number of nitrogens with one attached hydrogen (secondary N) is 1. The second kappa shape index (κ2) is 5.95. The zero-order chi connectivity index (χ0) is 13.1. The van der Waals surface area contributed by atoms with Gasteiger partial charge in [-0.2, -0.15) is 0 Å². The van der Waals surface area contributed by atoms with Crippen molar-refractivity contribution in [2.24, 2.45) is 5.92 Å². The molecule has 98 valence electrons. The van der Waals surface area contributed by atoms with Crippen LogP contribution in [0.25, 0.3) is 0 Å². The lowest BCUT2D eigenvalue weighted by molar-refractivity contribution is 0.245. The van der Waals surface area contributed by atoms with Gasteiger partial charge in [0.15, 0.2) is 0 Å². The van der Waals surface area contributed by atoms with Crippen LogP contribution in [0, 0.1) is 11.7 Å². The second-order valence-corrected chi connectivity index (χ2v) is 5.64. The zero-order valence-electron chi connectivity index (χ0n) is 10.2.